The highest BCUT2D eigenvalue weighted by atomic mass is 32.2. The van der Waals surface area contributed by atoms with Gasteiger partial charge in [0.25, 0.3) is 15.9 Å². The second-order valence-corrected chi connectivity index (χ2v) is 9.64. The van der Waals surface area contributed by atoms with Crippen LogP contribution in [0.5, 0.6) is 11.5 Å². The van der Waals surface area contributed by atoms with Gasteiger partial charge in [-0.25, -0.2) is 13.8 Å². The van der Waals surface area contributed by atoms with Crippen molar-refractivity contribution in [3.05, 3.63) is 83.4 Å². The highest BCUT2D eigenvalue weighted by Gasteiger charge is 2.28. The first-order valence-corrected chi connectivity index (χ1v) is 12.2. The maximum atomic E-state index is 13.5. The van der Waals surface area contributed by atoms with Crippen LogP contribution < -0.4 is 19.2 Å². The quantitative estimate of drug-likeness (QED) is 0.414. The van der Waals surface area contributed by atoms with Crippen molar-refractivity contribution < 1.29 is 22.7 Å². The molecule has 1 aliphatic rings. The second kappa shape index (κ2) is 9.96. The van der Waals surface area contributed by atoms with Gasteiger partial charge in [-0.15, -0.1) is 0 Å². The summed E-state index contributed by atoms with van der Waals surface area (Å²) in [7, 11) is -3.99. The summed E-state index contributed by atoms with van der Waals surface area (Å²) in [6.07, 6.45) is 1.44. The average molecular weight is 480 g/mol. The molecule has 8 nitrogen and oxygen atoms in total. The molecule has 176 valence electrons. The van der Waals surface area contributed by atoms with E-state index in [1.165, 1.54) is 18.3 Å². The molecule has 0 bridgehead atoms. The smallest absolute Gasteiger partial charge is 0.264 e. The molecule has 3 aromatic rings. The van der Waals surface area contributed by atoms with Gasteiger partial charge in [-0.1, -0.05) is 42.0 Å². The Morgan fingerprint density at radius 3 is 2.50 bits per heavy atom. The Bertz CT molecular complexity index is 1320. The van der Waals surface area contributed by atoms with Crippen LogP contribution >= 0.6 is 0 Å². The Kier molecular flexibility index (Phi) is 6.83. The summed E-state index contributed by atoms with van der Waals surface area (Å²) in [5.41, 5.74) is 5.14. The zero-order chi connectivity index (χ0) is 24.1. The first-order valence-electron chi connectivity index (χ1n) is 10.7. The summed E-state index contributed by atoms with van der Waals surface area (Å²) in [5, 5.41) is 4.00. The fraction of sp³-hybridized carbons (Fsp3) is 0.200. The Hall–Kier alpha value is -3.85. The molecule has 0 spiro atoms. The van der Waals surface area contributed by atoms with Gasteiger partial charge in [0.2, 0.25) is 0 Å². The van der Waals surface area contributed by atoms with Gasteiger partial charge in [-0.05, 0) is 49.7 Å². The zero-order valence-electron chi connectivity index (χ0n) is 18.9. The Labute approximate surface area is 198 Å². The topological polar surface area (TPSA) is 97.3 Å². The SMILES string of the molecule is Cc1ccc(S(=O)(=O)N(CC(=O)N/N=C/c2cccc3c2OCCO3)c2ccccc2C)cc1. The number of hydrogen-bond donors (Lipinski definition) is 1. The number of rotatable bonds is 7. The van der Waals surface area contributed by atoms with E-state index < -0.39 is 22.5 Å². The van der Waals surface area contributed by atoms with Gasteiger partial charge in [-0.3, -0.25) is 9.10 Å². The predicted octanol–water partition coefficient (Wildman–Crippen LogP) is 3.42. The van der Waals surface area contributed by atoms with E-state index in [1.807, 2.05) is 13.0 Å². The van der Waals surface area contributed by atoms with Crippen molar-refractivity contribution in [3.8, 4) is 11.5 Å². The van der Waals surface area contributed by atoms with Crippen molar-refractivity contribution in [2.75, 3.05) is 24.1 Å². The number of para-hydroxylation sites is 2. The number of sulfonamides is 1. The van der Waals surface area contributed by atoms with E-state index >= 15 is 0 Å². The molecule has 1 aliphatic heterocycles. The number of benzene rings is 3. The summed E-state index contributed by atoms with van der Waals surface area (Å²) < 4.78 is 39.2. The number of fused-ring (bicyclic) bond motifs is 1. The van der Waals surface area contributed by atoms with Crippen molar-refractivity contribution in [1.29, 1.82) is 0 Å². The number of ether oxygens (including phenoxy) is 2. The number of nitrogens with zero attached hydrogens (tertiary/aromatic N) is 2. The lowest BCUT2D eigenvalue weighted by molar-refractivity contribution is -0.119. The largest absolute Gasteiger partial charge is 0.486 e. The van der Waals surface area contributed by atoms with Crippen molar-refractivity contribution in [3.63, 3.8) is 0 Å². The maximum Gasteiger partial charge on any atom is 0.264 e. The van der Waals surface area contributed by atoms with Gasteiger partial charge in [0, 0.05) is 5.56 Å². The lowest BCUT2D eigenvalue weighted by Gasteiger charge is -2.25. The van der Waals surface area contributed by atoms with E-state index in [2.05, 4.69) is 10.5 Å². The number of nitrogens with one attached hydrogen (secondary N) is 1. The molecule has 0 aliphatic carbocycles. The zero-order valence-corrected chi connectivity index (χ0v) is 19.7. The molecule has 1 N–H and O–H groups in total. The molecule has 1 heterocycles. The van der Waals surface area contributed by atoms with Gasteiger partial charge < -0.3 is 9.47 Å². The van der Waals surface area contributed by atoms with Crippen LogP contribution in [0.25, 0.3) is 0 Å². The third-order valence-electron chi connectivity index (χ3n) is 5.27. The van der Waals surface area contributed by atoms with E-state index in [9.17, 15) is 13.2 Å². The average Bonchev–Trinajstić information content (AvgIpc) is 2.83. The van der Waals surface area contributed by atoms with Gasteiger partial charge in [-0.2, -0.15) is 5.10 Å². The number of carbonyl (C=O) groups is 1. The van der Waals surface area contributed by atoms with Gasteiger partial charge in [0.1, 0.15) is 19.8 Å². The summed E-state index contributed by atoms with van der Waals surface area (Å²) in [5.74, 6) is 0.573. The fourth-order valence-corrected chi connectivity index (χ4v) is 5.00. The number of anilines is 1. The maximum absolute atomic E-state index is 13.5. The molecule has 3 aromatic carbocycles. The lowest BCUT2D eigenvalue weighted by Crippen LogP contribution is -2.40. The van der Waals surface area contributed by atoms with E-state index in [4.69, 9.17) is 9.47 Å². The molecular weight excluding hydrogens is 454 g/mol. The lowest BCUT2D eigenvalue weighted by atomic mass is 10.2. The van der Waals surface area contributed by atoms with E-state index in [0.29, 0.717) is 36.0 Å². The van der Waals surface area contributed by atoms with E-state index in [0.717, 1.165) is 15.4 Å². The first kappa shape index (κ1) is 23.3. The molecule has 0 atom stereocenters. The van der Waals surface area contributed by atoms with Crippen LogP contribution in [0, 0.1) is 13.8 Å². The van der Waals surface area contributed by atoms with Crippen LogP contribution in [0.2, 0.25) is 0 Å². The highest BCUT2D eigenvalue weighted by Crippen LogP contribution is 2.32. The van der Waals surface area contributed by atoms with Crippen LogP contribution in [0.3, 0.4) is 0 Å². The molecular formula is C25H25N3O5S. The summed E-state index contributed by atoms with van der Waals surface area (Å²) in [6.45, 7) is 4.12. The summed E-state index contributed by atoms with van der Waals surface area (Å²) in [4.78, 5) is 12.9. The second-order valence-electron chi connectivity index (χ2n) is 7.78. The molecule has 0 saturated carbocycles. The Morgan fingerprint density at radius 1 is 1.00 bits per heavy atom. The number of amides is 1. The molecule has 0 radical (unpaired) electrons. The van der Waals surface area contributed by atoms with Gasteiger partial charge in [0.15, 0.2) is 11.5 Å². The molecule has 0 aromatic heterocycles. The number of aryl methyl sites for hydroxylation is 2. The molecule has 1 amide bonds. The van der Waals surface area contributed by atoms with Crippen molar-refractivity contribution in [2.45, 2.75) is 18.7 Å². The van der Waals surface area contributed by atoms with Crippen molar-refractivity contribution in [1.82, 2.24) is 5.43 Å². The van der Waals surface area contributed by atoms with Crippen LogP contribution in [0.1, 0.15) is 16.7 Å². The molecule has 4 rings (SSSR count). The molecule has 0 fully saturated rings. The molecule has 9 heteroatoms. The third-order valence-corrected chi connectivity index (χ3v) is 7.04. The monoisotopic (exact) mass is 479 g/mol. The minimum atomic E-state index is -3.99. The first-order chi connectivity index (χ1) is 16.4. The van der Waals surface area contributed by atoms with E-state index in [1.54, 1.807) is 55.5 Å². The van der Waals surface area contributed by atoms with Crippen molar-refractivity contribution in [2.24, 2.45) is 5.10 Å². The van der Waals surface area contributed by atoms with Crippen LogP contribution in [0.4, 0.5) is 5.69 Å². The van der Waals surface area contributed by atoms with Crippen LogP contribution in [0.15, 0.2) is 76.7 Å². The van der Waals surface area contributed by atoms with E-state index in [-0.39, 0.29) is 4.90 Å². The van der Waals surface area contributed by atoms with Crippen LogP contribution in [-0.2, 0) is 14.8 Å². The fourth-order valence-electron chi connectivity index (χ4n) is 3.52. The summed E-state index contributed by atoms with van der Waals surface area (Å²) in [6, 6.07) is 18.9. The van der Waals surface area contributed by atoms with Crippen LogP contribution in [-0.4, -0.2) is 40.3 Å². The molecule has 0 unspecified atom stereocenters. The Balaban J connectivity index is 1.56. The molecule has 34 heavy (non-hydrogen) atoms. The number of hydrazone groups is 1. The number of carbonyl (C=O) groups excluding carboxylic acids is 1. The van der Waals surface area contributed by atoms with Crippen molar-refractivity contribution >= 4 is 27.8 Å². The predicted molar refractivity (Wildman–Crippen MR) is 130 cm³/mol. The summed E-state index contributed by atoms with van der Waals surface area (Å²) >= 11 is 0. The van der Waals surface area contributed by atoms with Gasteiger partial charge >= 0.3 is 0 Å². The normalized spacial score (nSPS) is 13.0. The molecule has 0 saturated heterocycles. The minimum Gasteiger partial charge on any atom is -0.486 e. The van der Waals surface area contributed by atoms with Gasteiger partial charge in [0.05, 0.1) is 16.8 Å². The standard InChI is InChI=1S/C25H25N3O5S/c1-18-10-12-21(13-11-18)34(30,31)28(22-8-4-3-6-19(22)2)17-24(29)27-26-16-20-7-5-9-23-25(20)33-15-14-32-23/h3-13,16H,14-15,17H2,1-2H3,(H,27,29)/b26-16+. The number of hydrogen-bond acceptors (Lipinski definition) is 6. The third kappa shape index (κ3) is 5.04. The highest BCUT2D eigenvalue weighted by molar-refractivity contribution is 7.92. The Morgan fingerprint density at radius 2 is 1.74 bits per heavy atom. The minimum absolute atomic E-state index is 0.103.